The molecule has 2 aliphatic rings. The highest BCUT2D eigenvalue weighted by Gasteiger charge is 2.63. The van der Waals surface area contributed by atoms with Crippen molar-refractivity contribution in [3.63, 3.8) is 0 Å². The van der Waals surface area contributed by atoms with E-state index in [1.165, 1.54) is 4.90 Å². The molecule has 1 amide bonds. The fourth-order valence-corrected chi connectivity index (χ4v) is 4.98. The Morgan fingerprint density at radius 2 is 1.18 bits per heavy atom. The average Bonchev–Trinajstić information content (AvgIpc) is 3.16. The molecule has 0 aliphatic carbocycles. The Balaban J connectivity index is 1.64. The molecule has 4 aromatic rings. The highest BCUT2D eigenvalue weighted by molar-refractivity contribution is 6.01. The van der Waals surface area contributed by atoms with Crippen molar-refractivity contribution in [2.24, 2.45) is 0 Å². The Hall–Kier alpha value is -4.22. The van der Waals surface area contributed by atoms with Crippen molar-refractivity contribution >= 4 is 17.6 Å². The maximum absolute atomic E-state index is 14.1. The lowest BCUT2D eigenvalue weighted by Gasteiger charge is -2.51. The predicted molar refractivity (Wildman–Crippen MR) is 127 cm³/mol. The van der Waals surface area contributed by atoms with Gasteiger partial charge in [0.05, 0.1) is 23.2 Å². The maximum Gasteiger partial charge on any atom is 0.342 e. The van der Waals surface area contributed by atoms with Gasteiger partial charge in [0.15, 0.2) is 0 Å². The average molecular weight is 447 g/mol. The Kier molecular flexibility index (Phi) is 4.61. The summed E-state index contributed by atoms with van der Waals surface area (Å²) in [6, 6.07) is 35.5. The van der Waals surface area contributed by atoms with Gasteiger partial charge in [-0.3, -0.25) is 4.79 Å². The molecule has 6 rings (SSSR count). The van der Waals surface area contributed by atoms with E-state index in [2.05, 4.69) is 0 Å². The van der Waals surface area contributed by atoms with Crippen molar-refractivity contribution in [1.82, 2.24) is 0 Å². The van der Waals surface area contributed by atoms with Crippen molar-refractivity contribution in [3.05, 3.63) is 138 Å². The third-order valence-electron chi connectivity index (χ3n) is 6.47. The summed E-state index contributed by atoms with van der Waals surface area (Å²) in [5.74, 6) is -2.49. The molecule has 34 heavy (non-hydrogen) atoms. The highest BCUT2D eigenvalue weighted by atomic mass is 16.8. The maximum atomic E-state index is 14.1. The topological polar surface area (TPSA) is 55.8 Å². The number of ether oxygens (including phenoxy) is 2. The lowest BCUT2D eigenvalue weighted by molar-refractivity contribution is -0.272. The van der Waals surface area contributed by atoms with Crippen LogP contribution in [0.25, 0.3) is 0 Å². The van der Waals surface area contributed by atoms with E-state index in [1.54, 1.807) is 18.2 Å². The number of carbonyl (C=O) groups is 2. The van der Waals surface area contributed by atoms with Gasteiger partial charge in [0.2, 0.25) is 5.91 Å². The lowest BCUT2D eigenvalue weighted by Crippen LogP contribution is -2.62. The minimum Gasteiger partial charge on any atom is -0.405 e. The molecule has 1 spiro atoms. The van der Waals surface area contributed by atoms with E-state index in [1.807, 2.05) is 97.1 Å². The van der Waals surface area contributed by atoms with Gasteiger partial charge in [-0.05, 0) is 35.4 Å². The first-order valence-corrected chi connectivity index (χ1v) is 11.2. The van der Waals surface area contributed by atoms with Gasteiger partial charge in [-0.1, -0.05) is 91.0 Å². The molecule has 5 heteroatoms. The first-order valence-electron chi connectivity index (χ1n) is 11.2. The van der Waals surface area contributed by atoms with E-state index < -0.39 is 17.5 Å². The van der Waals surface area contributed by atoms with Crippen LogP contribution in [0.15, 0.2) is 115 Å². The minimum atomic E-state index is -1.75. The van der Waals surface area contributed by atoms with Gasteiger partial charge >= 0.3 is 11.9 Å². The van der Waals surface area contributed by atoms with Crippen molar-refractivity contribution in [2.75, 3.05) is 4.90 Å². The molecule has 0 N–H and O–H groups in total. The van der Waals surface area contributed by atoms with Crippen LogP contribution in [0.2, 0.25) is 0 Å². The molecule has 0 aromatic heterocycles. The number of amides is 1. The molecule has 0 radical (unpaired) electrons. The number of rotatable bonds is 3. The largest absolute Gasteiger partial charge is 0.405 e. The van der Waals surface area contributed by atoms with Gasteiger partial charge in [-0.15, -0.1) is 0 Å². The van der Waals surface area contributed by atoms with Gasteiger partial charge in [0, 0.05) is 0 Å². The van der Waals surface area contributed by atoms with E-state index in [9.17, 15) is 9.59 Å². The molecule has 1 saturated heterocycles. The molecule has 0 bridgehead atoms. The molecule has 1 atom stereocenters. The Morgan fingerprint density at radius 3 is 1.79 bits per heavy atom. The van der Waals surface area contributed by atoms with E-state index in [4.69, 9.17) is 9.47 Å². The summed E-state index contributed by atoms with van der Waals surface area (Å²) in [5.41, 5.74) is 1.93. The minimum absolute atomic E-state index is 0.0391. The monoisotopic (exact) mass is 447 g/mol. The molecule has 2 heterocycles. The van der Waals surface area contributed by atoms with E-state index in [-0.39, 0.29) is 12.3 Å². The van der Waals surface area contributed by atoms with Crippen LogP contribution >= 0.6 is 0 Å². The fourth-order valence-electron chi connectivity index (χ4n) is 4.98. The normalized spacial score (nSPS) is 20.8. The van der Waals surface area contributed by atoms with Gasteiger partial charge in [0.25, 0.3) is 0 Å². The second-order valence-electron chi connectivity index (χ2n) is 8.42. The smallest absolute Gasteiger partial charge is 0.342 e. The second kappa shape index (κ2) is 7.68. The zero-order chi connectivity index (χ0) is 23.2. The Morgan fingerprint density at radius 1 is 0.647 bits per heavy atom. The number of nitrogens with zero attached hydrogens (tertiary/aromatic N) is 1. The number of fused-ring (bicyclic) bond motifs is 2. The summed E-state index contributed by atoms with van der Waals surface area (Å²) < 4.78 is 13.0. The van der Waals surface area contributed by atoms with Crippen LogP contribution in [0.4, 0.5) is 5.69 Å². The first kappa shape index (κ1) is 20.4. The molecule has 4 aromatic carbocycles. The summed E-state index contributed by atoms with van der Waals surface area (Å²) in [4.78, 5) is 28.6. The summed E-state index contributed by atoms with van der Waals surface area (Å²) in [5, 5.41) is 0. The molecule has 166 valence electrons. The van der Waals surface area contributed by atoms with Crippen LogP contribution in [-0.4, -0.2) is 11.9 Å². The standard InChI is InChI=1S/C29H21NO4/c31-26-20-28(21-12-4-1-5-13-21,22-14-6-2-7-15-22)34-29(30(26)23-16-8-3-9-17-23)25-19-11-10-18-24(25)27(32)33-29/h1-19H,20H2. The molecular weight excluding hydrogens is 426 g/mol. The third-order valence-corrected chi connectivity index (χ3v) is 6.47. The molecule has 2 aliphatic heterocycles. The van der Waals surface area contributed by atoms with E-state index in [0.29, 0.717) is 16.8 Å². The number of hydrogen-bond donors (Lipinski definition) is 0. The highest BCUT2D eigenvalue weighted by Crippen LogP contribution is 2.54. The number of para-hydroxylation sites is 1. The van der Waals surface area contributed by atoms with Crippen LogP contribution in [0, 0.1) is 0 Å². The van der Waals surface area contributed by atoms with Gasteiger partial charge in [-0.25, -0.2) is 9.69 Å². The number of esters is 1. The van der Waals surface area contributed by atoms with Gasteiger partial charge in [0.1, 0.15) is 5.60 Å². The summed E-state index contributed by atoms with van der Waals surface area (Å²) >= 11 is 0. The number of hydrogen-bond acceptors (Lipinski definition) is 4. The van der Waals surface area contributed by atoms with Crippen molar-refractivity contribution in [1.29, 1.82) is 0 Å². The van der Waals surface area contributed by atoms with Crippen molar-refractivity contribution < 1.29 is 19.1 Å². The second-order valence-corrected chi connectivity index (χ2v) is 8.42. The summed E-state index contributed by atoms with van der Waals surface area (Å²) in [7, 11) is 0. The lowest BCUT2D eigenvalue weighted by atomic mass is 9.81. The van der Waals surface area contributed by atoms with Crippen molar-refractivity contribution in [3.8, 4) is 0 Å². The molecule has 1 unspecified atom stereocenters. The summed E-state index contributed by atoms with van der Waals surface area (Å²) in [6.45, 7) is 0. The Bertz CT molecular complexity index is 1330. The zero-order valence-corrected chi connectivity index (χ0v) is 18.3. The molecule has 5 nitrogen and oxygen atoms in total. The number of benzene rings is 4. The third kappa shape index (κ3) is 2.91. The molecular formula is C29H21NO4. The quantitative estimate of drug-likeness (QED) is 0.397. The van der Waals surface area contributed by atoms with Crippen LogP contribution in [0.5, 0.6) is 0 Å². The zero-order valence-electron chi connectivity index (χ0n) is 18.3. The van der Waals surface area contributed by atoms with E-state index >= 15 is 0 Å². The number of carbonyl (C=O) groups excluding carboxylic acids is 2. The van der Waals surface area contributed by atoms with Gasteiger partial charge < -0.3 is 9.47 Å². The van der Waals surface area contributed by atoms with Crippen LogP contribution in [0.3, 0.4) is 0 Å². The predicted octanol–water partition coefficient (Wildman–Crippen LogP) is 5.36. The van der Waals surface area contributed by atoms with Crippen LogP contribution < -0.4 is 4.90 Å². The Labute approximate surface area is 197 Å². The van der Waals surface area contributed by atoms with Crippen LogP contribution in [-0.2, 0) is 25.8 Å². The number of anilines is 1. The summed E-state index contributed by atoms with van der Waals surface area (Å²) in [6.07, 6.45) is 0.0391. The SMILES string of the molecule is O=C1OC2(OC(c3ccccc3)(c3ccccc3)CC(=O)N2c2ccccc2)c2ccccc21. The molecule has 0 saturated carbocycles. The van der Waals surface area contributed by atoms with Crippen LogP contribution in [0.1, 0.15) is 33.5 Å². The fraction of sp³-hybridized carbons (Fsp3) is 0.103. The van der Waals surface area contributed by atoms with Gasteiger partial charge in [-0.2, -0.15) is 0 Å². The van der Waals surface area contributed by atoms with E-state index in [0.717, 1.165) is 11.1 Å². The molecule has 1 fully saturated rings. The van der Waals surface area contributed by atoms with Crippen molar-refractivity contribution in [2.45, 2.75) is 17.9 Å². The first-order chi connectivity index (χ1) is 16.6.